The van der Waals surface area contributed by atoms with Crippen molar-refractivity contribution >= 4 is 22.7 Å². The normalized spacial score (nSPS) is 16.5. The Balaban J connectivity index is 2.01. The van der Waals surface area contributed by atoms with Gasteiger partial charge in [-0.05, 0) is 22.9 Å². The number of anilines is 1. The zero-order valence-electron chi connectivity index (χ0n) is 11.8. The molecule has 7 nitrogen and oxygen atoms in total. The van der Waals surface area contributed by atoms with Crippen molar-refractivity contribution < 1.29 is 15.0 Å². The molecule has 0 saturated carbocycles. The van der Waals surface area contributed by atoms with Crippen LogP contribution in [0, 0.1) is 0 Å². The predicted molar refractivity (Wildman–Crippen MR) is 83.1 cm³/mol. The number of allylic oxidation sites excluding steroid dienone is 1. The molecule has 3 N–H and O–H groups in total. The van der Waals surface area contributed by atoms with Gasteiger partial charge in [0.1, 0.15) is 23.8 Å². The van der Waals surface area contributed by atoms with E-state index in [1.165, 1.54) is 12.4 Å². The van der Waals surface area contributed by atoms with Crippen molar-refractivity contribution in [3.8, 4) is 5.75 Å². The van der Waals surface area contributed by atoms with E-state index in [1.807, 2.05) is 30.3 Å². The first-order chi connectivity index (χ1) is 11.1. The summed E-state index contributed by atoms with van der Waals surface area (Å²) in [7, 11) is 0. The van der Waals surface area contributed by atoms with Gasteiger partial charge in [0, 0.05) is 5.56 Å². The molecule has 23 heavy (non-hydrogen) atoms. The molecule has 0 unspecified atom stereocenters. The predicted octanol–water partition coefficient (Wildman–Crippen LogP) is 2.12. The summed E-state index contributed by atoms with van der Waals surface area (Å²) in [6, 6.07) is 10.5. The van der Waals surface area contributed by atoms with Crippen LogP contribution in [-0.4, -0.2) is 30.9 Å². The highest BCUT2D eigenvalue weighted by Gasteiger charge is 2.28. The molecule has 0 aliphatic carbocycles. The van der Waals surface area contributed by atoms with Gasteiger partial charge in [0.05, 0.1) is 0 Å². The molecule has 0 amide bonds. The van der Waals surface area contributed by atoms with Gasteiger partial charge in [-0.15, -0.1) is 0 Å². The van der Waals surface area contributed by atoms with E-state index in [0.717, 1.165) is 10.8 Å². The van der Waals surface area contributed by atoms with Crippen LogP contribution >= 0.6 is 0 Å². The minimum absolute atomic E-state index is 0.00262. The van der Waals surface area contributed by atoms with Gasteiger partial charge in [-0.1, -0.05) is 30.3 Å². The average molecular weight is 308 g/mol. The molecule has 0 saturated heterocycles. The highest BCUT2D eigenvalue weighted by atomic mass is 16.4. The molecule has 2 heterocycles. The minimum atomic E-state index is -1.09. The summed E-state index contributed by atoms with van der Waals surface area (Å²) in [6.07, 6.45) is 2.86. The van der Waals surface area contributed by atoms with E-state index >= 15 is 0 Å². The van der Waals surface area contributed by atoms with Crippen LogP contribution in [0.3, 0.4) is 0 Å². The van der Waals surface area contributed by atoms with Crippen LogP contribution < -0.4 is 5.32 Å². The fourth-order valence-corrected chi connectivity index (χ4v) is 2.86. The second-order valence-electron chi connectivity index (χ2n) is 5.20. The second kappa shape index (κ2) is 4.84. The van der Waals surface area contributed by atoms with Crippen LogP contribution in [0.5, 0.6) is 5.75 Å². The van der Waals surface area contributed by atoms with Crippen molar-refractivity contribution in [1.29, 1.82) is 0 Å². The Labute approximate surface area is 130 Å². The molecule has 114 valence electrons. The highest BCUT2D eigenvalue weighted by molar-refractivity contribution is 5.92. The molecule has 3 aromatic rings. The number of phenolic OH excluding ortho intramolecular Hbond substituents is 1. The van der Waals surface area contributed by atoms with Gasteiger partial charge >= 0.3 is 5.97 Å². The smallest absolute Gasteiger partial charge is 0.352 e. The van der Waals surface area contributed by atoms with Crippen molar-refractivity contribution in [2.45, 2.75) is 6.04 Å². The molecule has 4 rings (SSSR count). The zero-order valence-corrected chi connectivity index (χ0v) is 11.8. The lowest BCUT2D eigenvalue weighted by Gasteiger charge is -2.24. The van der Waals surface area contributed by atoms with Crippen molar-refractivity contribution in [2.24, 2.45) is 0 Å². The van der Waals surface area contributed by atoms with Gasteiger partial charge in [-0.2, -0.15) is 10.1 Å². The van der Waals surface area contributed by atoms with Crippen LogP contribution in [-0.2, 0) is 4.79 Å². The molecule has 0 radical (unpaired) electrons. The lowest BCUT2D eigenvalue weighted by Crippen LogP contribution is -2.24. The number of carboxylic acid groups (broad SMARTS) is 1. The van der Waals surface area contributed by atoms with E-state index in [1.54, 1.807) is 10.7 Å². The summed E-state index contributed by atoms with van der Waals surface area (Å²) in [6.45, 7) is 0. The number of nitrogens with one attached hydrogen (secondary N) is 1. The Morgan fingerprint density at radius 2 is 2.04 bits per heavy atom. The third-order valence-corrected chi connectivity index (χ3v) is 3.88. The summed E-state index contributed by atoms with van der Waals surface area (Å²) in [4.78, 5) is 15.4. The third kappa shape index (κ3) is 2.02. The molecule has 0 spiro atoms. The molecule has 1 atom stereocenters. The van der Waals surface area contributed by atoms with Gasteiger partial charge in [0.25, 0.3) is 0 Å². The molecule has 1 aliphatic rings. The average Bonchev–Trinajstić information content (AvgIpc) is 3.02. The number of hydrogen-bond donors (Lipinski definition) is 3. The standard InChI is InChI=1S/C16H12N4O3/c21-13-6-5-9-3-1-2-4-10(9)14(13)12-7-11(15(22)23)19-16-17-8-18-20(12)16/h1-8,12,21H,(H,22,23)(H,17,18,19)/t12-/m1/s1. The van der Waals surface area contributed by atoms with Crippen molar-refractivity contribution in [2.75, 3.05) is 5.32 Å². The monoisotopic (exact) mass is 308 g/mol. The first kappa shape index (κ1) is 13.3. The molecule has 2 aromatic carbocycles. The number of hydrogen-bond acceptors (Lipinski definition) is 5. The van der Waals surface area contributed by atoms with Crippen molar-refractivity contribution in [1.82, 2.24) is 14.8 Å². The third-order valence-electron chi connectivity index (χ3n) is 3.88. The lowest BCUT2D eigenvalue weighted by molar-refractivity contribution is -0.132. The molecule has 0 fully saturated rings. The van der Waals surface area contributed by atoms with Crippen LogP contribution in [0.25, 0.3) is 10.8 Å². The summed E-state index contributed by atoms with van der Waals surface area (Å²) in [5.74, 6) is -0.691. The summed E-state index contributed by atoms with van der Waals surface area (Å²) < 4.78 is 1.55. The largest absolute Gasteiger partial charge is 0.508 e. The molecular formula is C16H12N4O3. The number of phenols is 1. The second-order valence-corrected chi connectivity index (χ2v) is 5.20. The Kier molecular flexibility index (Phi) is 2.80. The number of aromatic nitrogens is 3. The number of aliphatic carboxylic acids is 1. The summed E-state index contributed by atoms with van der Waals surface area (Å²) >= 11 is 0. The van der Waals surface area contributed by atoms with E-state index in [2.05, 4.69) is 15.4 Å². The number of fused-ring (bicyclic) bond motifs is 2. The van der Waals surface area contributed by atoms with Crippen molar-refractivity contribution in [3.05, 3.63) is 60.1 Å². The topological polar surface area (TPSA) is 100 Å². The summed E-state index contributed by atoms with van der Waals surface area (Å²) in [5, 5.41) is 28.3. The molecule has 0 bridgehead atoms. The van der Waals surface area contributed by atoms with E-state index in [4.69, 9.17) is 0 Å². The van der Waals surface area contributed by atoms with Gasteiger partial charge in [-0.25, -0.2) is 9.48 Å². The van der Waals surface area contributed by atoms with Gasteiger partial charge in [0.2, 0.25) is 5.95 Å². The number of aromatic hydroxyl groups is 1. The number of carboxylic acids is 1. The molecule has 1 aromatic heterocycles. The lowest BCUT2D eigenvalue weighted by atomic mass is 9.96. The van der Waals surface area contributed by atoms with E-state index in [9.17, 15) is 15.0 Å². The molecular weight excluding hydrogens is 296 g/mol. The van der Waals surface area contributed by atoms with E-state index < -0.39 is 12.0 Å². The number of benzene rings is 2. The number of carbonyl (C=O) groups is 1. The molecule has 1 aliphatic heterocycles. The SMILES string of the molecule is O=C(O)C1=C[C@H](c2c(O)ccc3ccccc23)n2ncnc2N1. The van der Waals surface area contributed by atoms with Gasteiger partial charge in [0.15, 0.2) is 0 Å². The first-order valence-corrected chi connectivity index (χ1v) is 6.97. The number of rotatable bonds is 2. The summed E-state index contributed by atoms with van der Waals surface area (Å²) in [5.41, 5.74) is 0.595. The maximum absolute atomic E-state index is 11.4. The maximum atomic E-state index is 11.4. The van der Waals surface area contributed by atoms with Gasteiger partial charge < -0.3 is 15.5 Å². The van der Waals surface area contributed by atoms with Gasteiger partial charge in [-0.3, -0.25) is 0 Å². The van der Waals surface area contributed by atoms with Crippen LogP contribution in [0.2, 0.25) is 0 Å². The first-order valence-electron chi connectivity index (χ1n) is 6.97. The quantitative estimate of drug-likeness (QED) is 0.670. The zero-order chi connectivity index (χ0) is 16.0. The van der Waals surface area contributed by atoms with Crippen LogP contribution in [0.15, 0.2) is 54.5 Å². The minimum Gasteiger partial charge on any atom is -0.508 e. The van der Waals surface area contributed by atoms with Crippen LogP contribution in [0.1, 0.15) is 11.6 Å². The highest BCUT2D eigenvalue weighted by Crippen LogP contribution is 2.38. The Bertz CT molecular complexity index is 961. The van der Waals surface area contributed by atoms with Crippen LogP contribution in [0.4, 0.5) is 5.95 Å². The molecule has 7 heteroatoms. The Morgan fingerprint density at radius 3 is 2.87 bits per heavy atom. The Morgan fingerprint density at radius 1 is 1.22 bits per heavy atom. The van der Waals surface area contributed by atoms with E-state index in [0.29, 0.717) is 11.5 Å². The fourth-order valence-electron chi connectivity index (χ4n) is 2.86. The Hall–Kier alpha value is -3.35. The fraction of sp³-hybridized carbons (Fsp3) is 0.0625. The maximum Gasteiger partial charge on any atom is 0.352 e. The number of nitrogens with zero attached hydrogens (tertiary/aromatic N) is 3. The van der Waals surface area contributed by atoms with Crippen molar-refractivity contribution in [3.63, 3.8) is 0 Å². The van der Waals surface area contributed by atoms with E-state index in [-0.39, 0.29) is 11.4 Å².